The van der Waals surface area contributed by atoms with Gasteiger partial charge >= 0.3 is 0 Å². The molecule has 2 fully saturated rings. The predicted molar refractivity (Wildman–Crippen MR) is 75.2 cm³/mol. The lowest BCUT2D eigenvalue weighted by Gasteiger charge is -2.45. The van der Waals surface area contributed by atoms with E-state index in [1.54, 1.807) is 0 Å². The molecule has 1 N–H and O–H groups in total. The Morgan fingerprint density at radius 1 is 1.12 bits per heavy atom. The summed E-state index contributed by atoms with van der Waals surface area (Å²) in [6, 6.07) is 0.792. The van der Waals surface area contributed by atoms with Gasteiger partial charge < -0.3 is 5.32 Å². The lowest BCUT2D eigenvalue weighted by atomic mass is 9.63. The van der Waals surface area contributed by atoms with Crippen LogP contribution in [-0.2, 0) is 0 Å². The molecule has 1 heteroatoms. The third-order valence-corrected chi connectivity index (χ3v) is 5.35. The maximum absolute atomic E-state index is 3.81. The van der Waals surface area contributed by atoms with E-state index >= 15 is 0 Å². The molecule has 100 valence electrons. The maximum Gasteiger partial charge on any atom is 0.0103 e. The fourth-order valence-corrected chi connectivity index (χ4v) is 4.01. The van der Waals surface area contributed by atoms with Crippen LogP contribution in [0.2, 0.25) is 0 Å². The first kappa shape index (κ1) is 13.4. The first-order chi connectivity index (χ1) is 8.13. The molecule has 2 unspecified atom stereocenters. The Morgan fingerprint density at radius 2 is 1.88 bits per heavy atom. The van der Waals surface area contributed by atoms with Crippen molar-refractivity contribution in [1.82, 2.24) is 5.32 Å². The Kier molecular flexibility index (Phi) is 4.52. The van der Waals surface area contributed by atoms with E-state index in [-0.39, 0.29) is 0 Å². The Bertz CT molecular complexity index is 230. The van der Waals surface area contributed by atoms with Crippen molar-refractivity contribution in [3.8, 4) is 0 Å². The monoisotopic (exact) mass is 237 g/mol. The fraction of sp³-hybridized carbons (Fsp3) is 1.00. The summed E-state index contributed by atoms with van der Waals surface area (Å²) in [6.07, 6.45) is 11.7. The summed E-state index contributed by atoms with van der Waals surface area (Å²) in [5.74, 6) is 1.95. The van der Waals surface area contributed by atoms with Gasteiger partial charge in [0.05, 0.1) is 0 Å². The molecule has 2 saturated carbocycles. The maximum atomic E-state index is 3.81. The van der Waals surface area contributed by atoms with Crippen molar-refractivity contribution in [3.63, 3.8) is 0 Å². The molecule has 17 heavy (non-hydrogen) atoms. The molecular formula is C16H31N. The first-order valence-corrected chi connectivity index (χ1v) is 7.87. The van der Waals surface area contributed by atoms with Crippen LogP contribution in [0.1, 0.15) is 72.1 Å². The second kappa shape index (κ2) is 5.73. The van der Waals surface area contributed by atoms with Gasteiger partial charge in [0.1, 0.15) is 0 Å². The Labute approximate surface area is 108 Å². The van der Waals surface area contributed by atoms with E-state index in [0.717, 1.165) is 24.4 Å². The van der Waals surface area contributed by atoms with Gasteiger partial charge in [-0.3, -0.25) is 0 Å². The quantitative estimate of drug-likeness (QED) is 0.748. The second-order valence-electron chi connectivity index (χ2n) is 7.04. The van der Waals surface area contributed by atoms with Gasteiger partial charge in [0, 0.05) is 6.04 Å². The Balaban J connectivity index is 1.96. The van der Waals surface area contributed by atoms with Crippen LogP contribution in [0.3, 0.4) is 0 Å². The van der Waals surface area contributed by atoms with E-state index in [0.29, 0.717) is 5.41 Å². The molecule has 2 rings (SSSR count). The SMILES string of the molecule is CCNC(CC1CCC1)C1CCCCC1(C)C. The summed E-state index contributed by atoms with van der Waals surface area (Å²) in [5.41, 5.74) is 0.564. The van der Waals surface area contributed by atoms with Gasteiger partial charge in [0.2, 0.25) is 0 Å². The van der Waals surface area contributed by atoms with E-state index in [4.69, 9.17) is 0 Å². The number of hydrogen-bond donors (Lipinski definition) is 1. The van der Waals surface area contributed by atoms with Gasteiger partial charge in [-0.25, -0.2) is 0 Å². The van der Waals surface area contributed by atoms with E-state index < -0.39 is 0 Å². The molecule has 0 aromatic rings. The van der Waals surface area contributed by atoms with Crippen LogP contribution in [0.4, 0.5) is 0 Å². The summed E-state index contributed by atoms with van der Waals surface area (Å²) < 4.78 is 0. The van der Waals surface area contributed by atoms with Crippen molar-refractivity contribution in [2.45, 2.75) is 78.2 Å². The van der Waals surface area contributed by atoms with Gasteiger partial charge in [-0.2, -0.15) is 0 Å². The Hall–Kier alpha value is -0.0400. The second-order valence-corrected chi connectivity index (χ2v) is 7.04. The molecule has 0 spiro atoms. The van der Waals surface area contributed by atoms with E-state index in [2.05, 4.69) is 26.1 Å². The third-order valence-electron chi connectivity index (χ3n) is 5.35. The highest BCUT2D eigenvalue weighted by molar-refractivity contribution is 4.92. The average molecular weight is 237 g/mol. The van der Waals surface area contributed by atoms with Gasteiger partial charge in [-0.05, 0) is 43.1 Å². The zero-order valence-corrected chi connectivity index (χ0v) is 12.1. The Morgan fingerprint density at radius 3 is 2.41 bits per heavy atom. The van der Waals surface area contributed by atoms with Gasteiger partial charge in [-0.1, -0.05) is 52.9 Å². The van der Waals surface area contributed by atoms with Crippen LogP contribution in [0.5, 0.6) is 0 Å². The summed E-state index contributed by atoms with van der Waals surface area (Å²) >= 11 is 0. The lowest BCUT2D eigenvalue weighted by Crippen LogP contribution is -2.46. The number of nitrogens with one attached hydrogen (secondary N) is 1. The standard InChI is InChI=1S/C16H31N/c1-4-17-15(12-13-8-7-9-13)14-10-5-6-11-16(14,2)3/h13-15,17H,4-12H2,1-3H3. The van der Waals surface area contributed by atoms with E-state index in [1.807, 2.05) is 0 Å². The molecular weight excluding hydrogens is 206 g/mol. The average Bonchev–Trinajstić information content (AvgIpc) is 2.21. The molecule has 2 aliphatic rings. The highest BCUT2D eigenvalue weighted by Crippen LogP contribution is 2.44. The molecule has 0 heterocycles. The van der Waals surface area contributed by atoms with E-state index in [1.165, 1.54) is 51.4 Å². The summed E-state index contributed by atoms with van der Waals surface area (Å²) in [6.45, 7) is 8.41. The molecule has 2 atom stereocenters. The number of hydrogen-bond acceptors (Lipinski definition) is 1. The van der Waals surface area contributed by atoms with Crippen molar-refractivity contribution < 1.29 is 0 Å². The lowest BCUT2D eigenvalue weighted by molar-refractivity contribution is 0.0801. The normalized spacial score (nSPS) is 30.9. The molecule has 2 aliphatic carbocycles. The van der Waals surface area contributed by atoms with Crippen molar-refractivity contribution in [1.29, 1.82) is 0 Å². The van der Waals surface area contributed by atoms with Crippen molar-refractivity contribution in [2.75, 3.05) is 6.54 Å². The van der Waals surface area contributed by atoms with E-state index in [9.17, 15) is 0 Å². The highest BCUT2D eigenvalue weighted by Gasteiger charge is 2.38. The summed E-state index contributed by atoms with van der Waals surface area (Å²) in [4.78, 5) is 0. The smallest absolute Gasteiger partial charge is 0.0103 e. The van der Waals surface area contributed by atoms with Gasteiger partial charge in [-0.15, -0.1) is 0 Å². The minimum Gasteiger partial charge on any atom is -0.314 e. The molecule has 0 aromatic carbocycles. The minimum atomic E-state index is 0.564. The molecule has 0 aliphatic heterocycles. The molecule has 0 saturated heterocycles. The van der Waals surface area contributed by atoms with Crippen molar-refractivity contribution in [2.24, 2.45) is 17.3 Å². The van der Waals surface area contributed by atoms with Crippen LogP contribution in [-0.4, -0.2) is 12.6 Å². The fourth-order valence-electron chi connectivity index (χ4n) is 4.01. The van der Waals surface area contributed by atoms with Crippen LogP contribution in [0.15, 0.2) is 0 Å². The van der Waals surface area contributed by atoms with Gasteiger partial charge in [0.25, 0.3) is 0 Å². The molecule has 0 bridgehead atoms. The molecule has 0 amide bonds. The van der Waals surface area contributed by atoms with Crippen LogP contribution >= 0.6 is 0 Å². The summed E-state index contributed by atoms with van der Waals surface area (Å²) in [5, 5.41) is 3.81. The predicted octanol–water partition coefficient (Wildman–Crippen LogP) is 4.37. The largest absolute Gasteiger partial charge is 0.314 e. The molecule has 0 aromatic heterocycles. The van der Waals surface area contributed by atoms with Crippen LogP contribution in [0.25, 0.3) is 0 Å². The first-order valence-electron chi connectivity index (χ1n) is 7.87. The topological polar surface area (TPSA) is 12.0 Å². The molecule has 0 radical (unpaired) electrons. The van der Waals surface area contributed by atoms with Gasteiger partial charge in [0.15, 0.2) is 0 Å². The molecule has 1 nitrogen and oxygen atoms in total. The van der Waals surface area contributed by atoms with Crippen LogP contribution < -0.4 is 5.32 Å². The van der Waals surface area contributed by atoms with Crippen LogP contribution in [0, 0.1) is 17.3 Å². The zero-order valence-electron chi connectivity index (χ0n) is 12.1. The third kappa shape index (κ3) is 3.24. The van der Waals surface area contributed by atoms with Crippen molar-refractivity contribution in [3.05, 3.63) is 0 Å². The van der Waals surface area contributed by atoms with Crippen molar-refractivity contribution >= 4 is 0 Å². The summed E-state index contributed by atoms with van der Waals surface area (Å²) in [7, 11) is 0. The number of rotatable bonds is 5. The zero-order chi connectivity index (χ0) is 12.3. The highest BCUT2D eigenvalue weighted by atomic mass is 14.9. The minimum absolute atomic E-state index is 0.564.